The molecule has 2 aromatic carbocycles. The van der Waals surface area contributed by atoms with Crippen LogP contribution in [0.4, 0.5) is 0 Å². The molecule has 1 amide bonds. The lowest BCUT2D eigenvalue weighted by atomic mass is 10.0. The molecular weight excluding hydrogens is 408 g/mol. The zero-order valence-electron chi connectivity index (χ0n) is 15.9. The lowest BCUT2D eigenvalue weighted by Crippen LogP contribution is -2.24. The maximum Gasteiger partial charge on any atom is 0.277 e. The Bertz CT molecular complexity index is 773. The van der Waals surface area contributed by atoms with Crippen LogP contribution in [0.2, 0.25) is 0 Å². The minimum Gasteiger partial charge on any atom is -0.494 e. The van der Waals surface area contributed by atoms with E-state index in [4.69, 9.17) is 9.47 Å². The number of nitrogens with zero attached hydrogens (tertiary/aromatic N) is 1. The minimum absolute atomic E-state index is 0.0948. The summed E-state index contributed by atoms with van der Waals surface area (Å²) in [4.78, 5) is 11.9. The van der Waals surface area contributed by atoms with Crippen LogP contribution in [0.3, 0.4) is 0 Å². The van der Waals surface area contributed by atoms with E-state index in [2.05, 4.69) is 47.2 Å². The molecule has 0 unspecified atom stereocenters. The largest absolute Gasteiger partial charge is 0.494 e. The van der Waals surface area contributed by atoms with Crippen molar-refractivity contribution < 1.29 is 14.3 Å². The third-order valence-corrected chi connectivity index (χ3v) is 4.20. The van der Waals surface area contributed by atoms with Crippen LogP contribution in [-0.2, 0) is 4.79 Å². The van der Waals surface area contributed by atoms with Gasteiger partial charge in [-0.1, -0.05) is 36.7 Å². The Morgan fingerprint density at radius 3 is 2.59 bits per heavy atom. The van der Waals surface area contributed by atoms with Gasteiger partial charge in [-0.05, 0) is 65.9 Å². The zero-order valence-corrected chi connectivity index (χ0v) is 17.5. The molecule has 0 heterocycles. The normalized spacial score (nSPS) is 11.0. The summed E-state index contributed by atoms with van der Waals surface area (Å²) >= 11 is 3.46. The van der Waals surface area contributed by atoms with E-state index in [1.807, 2.05) is 42.5 Å². The van der Waals surface area contributed by atoms with Crippen LogP contribution < -0.4 is 14.9 Å². The molecule has 0 saturated carbocycles. The molecule has 0 aliphatic rings. The fourth-order valence-electron chi connectivity index (χ4n) is 2.33. The average Bonchev–Trinajstić information content (AvgIpc) is 2.66. The van der Waals surface area contributed by atoms with Gasteiger partial charge in [-0.3, -0.25) is 4.79 Å². The summed E-state index contributed by atoms with van der Waals surface area (Å²) in [5, 5.41) is 3.96. The molecule has 0 bridgehead atoms. The first-order valence-corrected chi connectivity index (χ1v) is 9.76. The van der Waals surface area contributed by atoms with Crippen LogP contribution in [0, 0.1) is 0 Å². The Morgan fingerprint density at radius 2 is 1.93 bits per heavy atom. The number of amides is 1. The SMILES string of the molecule is CCCOc1ccc(/C=N/NC(=O)COc2ccc(Br)cc2C(C)C)cc1. The van der Waals surface area contributed by atoms with Crippen LogP contribution in [-0.4, -0.2) is 25.3 Å². The lowest BCUT2D eigenvalue weighted by Gasteiger charge is -2.13. The summed E-state index contributed by atoms with van der Waals surface area (Å²) in [6.07, 6.45) is 2.55. The van der Waals surface area contributed by atoms with Crippen molar-refractivity contribution in [2.45, 2.75) is 33.1 Å². The number of halogens is 1. The highest BCUT2D eigenvalue weighted by Crippen LogP contribution is 2.29. The van der Waals surface area contributed by atoms with Gasteiger partial charge < -0.3 is 9.47 Å². The predicted octanol–water partition coefficient (Wildman–Crippen LogP) is 4.89. The number of ether oxygens (including phenoxy) is 2. The van der Waals surface area contributed by atoms with Crippen LogP contribution in [0.5, 0.6) is 11.5 Å². The van der Waals surface area contributed by atoms with Crippen LogP contribution >= 0.6 is 15.9 Å². The van der Waals surface area contributed by atoms with Crippen molar-refractivity contribution in [2.24, 2.45) is 5.10 Å². The lowest BCUT2D eigenvalue weighted by molar-refractivity contribution is -0.123. The van der Waals surface area contributed by atoms with Gasteiger partial charge in [0.1, 0.15) is 11.5 Å². The van der Waals surface area contributed by atoms with E-state index < -0.39 is 0 Å². The summed E-state index contributed by atoms with van der Waals surface area (Å²) in [7, 11) is 0. The van der Waals surface area contributed by atoms with Crippen molar-refractivity contribution in [1.82, 2.24) is 5.43 Å². The second-order valence-corrected chi connectivity index (χ2v) is 7.25. The van der Waals surface area contributed by atoms with E-state index in [0.717, 1.165) is 27.8 Å². The Kier molecular flexibility index (Phi) is 8.33. The van der Waals surface area contributed by atoms with Gasteiger partial charge in [-0.15, -0.1) is 0 Å². The zero-order chi connectivity index (χ0) is 19.6. The fraction of sp³-hybridized carbons (Fsp3) is 0.333. The third kappa shape index (κ3) is 7.06. The maximum absolute atomic E-state index is 11.9. The Morgan fingerprint density at radius 1 is 1.19 bits per heavy atom. The molecule has 0 aliphatic heterocycles. The van der Waals surface area contributed by atoms with Crippen molar-refractivity contribution >= 4 is 28.1 Å². The van der Waals surface area contributed by atoms with Crippen molar-refractivity contribution in [3.05, 3.63) is 58.1 Å². The van der Waals surface area contributed by atoms with E-state index in [1.54, 1.807) is 6.21 Å². The highest BCUT2D eigenvalue weighted by atomic mass is 79.9. The summed E-state index contributed by atoms with van der Waals surface area (Å²) < 4.78 is 12.2. The van der Waals surface area contributed by atoms with E-state index in [9.17, 15) is 4.79 Å². The first-order chi connectivity index (χ1) is 13.0. The van der Waals surface area contributed by atoms with Gasteiger partial charge in [-0.25, -0.2) is 5.43 Å². The van der Waals surface area contributed by atoms with Gasteiger partial charge in [0.05, 0.1) is 12.8 Å². The Balaban J connectivity index is 1.83. The van der Waals surface area contributed by atoms with E-state index in [1.165, 1.54) is 0 Å². The van der Waals surface area contributed by atoms with Crippen LogP contribution in [0.15, 0.2) is 52.0 Å². The van der Waals surface area contributed by atoms with Gasteiger partial charge in [0.25, 0.3) is 5.91 Å². The summed E-state index contributed by atoms with van der Waals surface area (Å²) in [5.41, 5.74) is 4.39. The summed E-state index contributed by atoms with van der Waals surface area (Å²) in [6, 6.07) is 13.3. The van der Waals surface area contributed by atoms with Gasteiger partial charge in [0.2, 0.25) is 0 Å². The van der Waals surface area contributed by atoms with E-state index in [-0.39, 0.29) is 12.5 Å². The molecule has 0 fully saturated rings. The molecule has 144 valence electrons. The van der Waals surface area contributed by atoms with Crippen LogP contribution in [0.25, 0.3) is 0 Å². The quantitative estimate of drug-likeness (QED) is 0.453. The minimum atomic E-state index is -0.313. The summed E-state index contributed by atoms with van der Waals surface area (Å²) in [5.74, 6) is 1.51. The molecule has 0 saturated heterocycles. The average molecular weight is 433 g/mol. The van der Waals surface area contributed by atoms with Crippen molar-refractivity contribution in [2.75, 3.05) is 13.2 Å². The van der Waals surface area contributed by atoms with Crippen molar-refractivity contribution in [3.63, 3.8) is 0 Å². The second-order valence-electron chi connectivity index (χ2n) is 6.34. The second kappa shape index (κ2) is 10.7. The number of rotatable bonds is 9. The number of hydrazone groups is 1. The fourth-order valence-corrected chi connectivity index (χ4v) is 2.71. The van der Waals surface area contributed by atoms with Gasteiger partial charge in [0, 0.05) is 4.47 Å². The molecule has 6 heteroatoms. The van der Waals surface area contributed by atoms with Gasteiger partial charge in [-0.2, -0.15) is 5.10 Å². The maximum atomic E-state index is 11.9. The molecular formula is C21H25BrN2O3. The molecule has 5 nitrogen and oxygen atoms in total. The Hall–Kier alpha value is -2.34. The number of carbonyl (C=O) groups excluding carboxylic acids is 1. The summed E-state index contributed by atoms with van der Waals surface area (Å²) in [6.45, 7) is 6.83. The topological polar surface area (TPSA) is 59.9 Å². The Labute approximate surface area is 168 Å². The number of carbonyl (C=O) groups is 1. The standard InChI is InChI=1S/C21H25BrN2O3/c1-4-11-26-18-8-5-16(6-9-18)13-23-24-21(25)14-27-20-10-7-17(22)12-19(20)15(2)3/h5-10,12-13,15H,4,11,14H2,1-3H3,(H,24,25)/b23-13+. The first kappa shape index (κ1) is 21.0. The van der Waals surface area contributed by atoms with E-state index in [0.29, 0.717) is 18.3 Å². The molecule has 0 aromatic heterocycles. The molecule has 2 rings (SSSR count). The molecule has 0 aliphatic carbocycles. The highest BCUT2D eigenvalue weighted by Gasteiger charge is 2.10. The van der Waals surface area contributed by atoms with Gasteiger partial charge in [0.15, 0.2) is 6.61 Å². The van der Waals surface area contributed by atoms with Gasteiger partial charge >= 0.3 is 0 Å². The smallest absolute Gasteiger partial charge is 0.277 e. The number of hydrogen-bond acceptors (Lipinski definition) is 4. The van der Waals surface area contributed by atoms with Crippen molar-refractivity contribution in [3.8, 4) is 11.5 Å². The number of nitrogens with one attached hydrogen (secondary N) is 1. The monoisotopic (exact) mass is 432 g/mol. The molecule has 2 aromatic rings. The molecule has 0 radical (unpaired) electrons. The van der Waals surface area contributed by atoms with Crippen molar-refractivity contribution in [1.29, 1.82) is 0 Å². The van der Waals surface area contributed by atoms with Crippen LogP contribution in [0.1, 0.15) is 44.2 Å². The predicted molar refractivity (Wildman–Crippen MR) is 112 cm³/mol. The molecule has 27 heavy (non-hydrogen) atoms. The third-order valence-electron chi connectivity index (χ3n) is 3.71. The molecule has 0 spiro atoms. The van der Waals surface area contributed by atoms with E-state index >= 15 is 0 Å². The molecule has 1 N–H and O–H groups in total. The molecule has 0 atom stereocenters. The highest BCUT2D eigenvalue weighted by molar-refractivity contribution is 9.10. The number of benzene rings is 2. The first-order valence-electron chi connectivity index (χ1n) is 8.96. The number of hydrogen-bond donors (Lipinski definition) is 1.